The number of rotatable bonds is 20. The van der Waals surface area contributed by atoms with Crippen molar-refractivity contribution in [3.63, 3.8) is 0 Å². The summed E-state index contributed by atoms with van der Waals surface area (Å²) in [4.78, 5) is 102. The molecule has 2 atom stereocenters. The topological polar surface area (TPSA) is 262 Å². The van der Waals surface area contributed by atoms with Gasteiger partial charge in [-0.25, -0.2) is 0 Å². The summed E-state index contributed by atoms with van der Waals surface area (Å²) in [5.74, 6) is -1.90. The molecule has 6 N–H and O–H groups in total. The van der Waals surface area contributed by atoms with E-state index < -0.39 is 42.6 Å². The van der Waals surface area contributed by atoms with Gasteiger partial charge in [-0.1, -0.05) is 36.4 Å². The predicted molar refractivity (Wildman–Crippen MR) is 274 cm³/mol. The van der Waals surface area contributed by atoms with Crippen molar-refractivity contribution in [1.29, 1.82) is 0 Å². The van der Waals surface area contributed by atoms with E-state index in [0.717, 1.165) is 22.5 Å². The van der Waals surface area contributed by atoms with Crippen LogP contribution in [0.5, 0.6) is 23.0 Å². The summed E-state index contributed by atoms with van der Waals surface area (Å²) in [7, 11) is 2.96. The number of hydrogen-bond donors (Lipinski definition) is 5. The lowest BCUT2D eigenvalue weighted by molar-refractivity contribution is -0.128. The van der Waals surface area contributed by atoms with E-state index in [1.807, 2.05) is 54.6 Å². The second kappa shape index (κ2) is 22.1. The monoisotopic (exact) mass is 1000 g/mol. The number of para-hydroxylation sites is 2. The van der Waals surface area contributed by atoms with Crippen molar-refractivity contribution < 1.29 is 52.5 Å². The molecular weight excluding hydrogens is 951 g/mol. The number of carbonyl (C=O) groups excluding carboxylic acids is 7. The molecule has 0 aromatic heterocycles. The Morgan fingerprint density at radius 1 is 0.581 bits per heavy atom. The smallest absolute Gasteiger partial charge is 0.261 e. The summed E-state index contributed by atoms with van der Waals surface area (Å²) < 4.78 is 24.2. The van der Waals surface area contributed by atoms with Gasteiger partial charge in [-0.05, 0) is 77.6 Å². The molecule has 0 unspecified atom stereocenters. The van der Waals surface area contributed by atoms with Gasteiger partial charge in [-0.3, -0.25) is 53.3 Å². The summed E-state index contributed by atoms with van der Waals surface area (Å²) in [5.41, 5.74) is 11.9. The number of ether oxygens (including phenoxy) is 4. The maximum Gasteiger partial charge on any atom is 0.261 e. The van der Waals surface area contributed by atoms with Crippen molar-refractivity contribution in [1.82, 2.24) is 16.0 Å². The van der Waals surface area contributed by atoms with Crippen LogP contribution in [0.3, 0.4) is 0 Å². The molecule has 74 heavy (non-hydrogen) atoms. The van der Waals surface area contributed by atoms with Gasteiger partial charge in [0.05, 0.1) is 68.4 Å². The Hall–Kier alpha value is -9.07. The summed E-state index contributed by atoms with van der Waals surface area (Å²) in [5, 5.41) is 10.1. The Morgan fingerprint density at radius 3 is 1.53 bits per heavy atom. The molecular formula is C54H53N9O11. The molecule has 4 aliphatic heterocycles. The molecule has 0 bridgehead atoms. The first-order chi connectivity index (χ1) is 35.8. The van der Waals surface area contributed by atoms with Crippen LogP contribution in [0.4, 0.5) is 28.4 Å². The average molecular weight is 1000 g/mol. The van der Waals surface area contributed by atoms with E-state index in [4.69, 9.17) is 34.7 Å². The van der Waals surface area contributed by atoms with Crippen molar-refractivity contribution in [3.8, 4) is 23.0 Å². The van der Waals surface area contributed by atoms with E-state index >= 15 is 0 Å². The molecule has 0 spiro atoms. The second-order valence-corrected chi connectivity index (χ2v) is 17.9. The van der Waals surface area contributed by atoms with Crippen molar-refractivity contribution in [3.05, 3.63) is 124 Å². The van der Waals surface area contributed by atoms with Crippen LogP contribution in [0.25, 0.3) is 0 Å². The number of amides is 7. The van der Waals surface area contributed by atoms with Gasteiger partial charge in [0, 0.05) is 67.3 Å². The molecule has 9 rings (SSSR count). The van der Waals surface area contributed by atoms with Crippen LogP contribution < -0.4 is 55.7 Å². The van der Waals surface area contributed by atoms with Crippen molar-refractivity contribution >= 4 is 82.2 Å². The zero-order valence-electron chi connectivity index (χ0n) is 40.6. The van der Waals surface area contributed by atoms with Crippen molar-refractivity contribution in [2.75, 3.05) is 49.0 Å². The third-order valence-corrected chi connectivity index (χ3v) is 12.8. The maximum absolute atomic E-state index is 14.0. The third kappa shape index (κ3) is 11.2. The van der Waals surface area contributed by atoms with Crippen LogP contribution in [0.2, 0.25) is 0 Å². The Morgan fingerprint density at radius 2 is 1.04 bits per heavy atom. The molecule has 0 saturated heterocycles. The highest BCUT2D eigenvalue weighted by atomic mass is 16.5. The maximum atomic E-state index is 14.0. The lowest BCUT2D eigenvalue weighted by Crippen LogP contribution is -2.43. The number of primary amides is 1. The summed E-state index contributed by atoms with van der Waals surface area (Å²) in [6, 6.07) is 26.8. The first-order valence-corrected chi connectivity index (χ1v) is 24.0. The molecule has 0 aliphatic carbocycles. The van der Waals surface area contributed by atoms with Gasteiger partial charge in [0.2, 0.25) is 29.5 Å². The average Bonchev–Trinajstić information content (AvgIpc) is 3.89. The fraction of sp³-hybridized carbons (Fsp3) is 0.278. The van der Waals surface area contributed by atoms with Gasteiger partial charge in [0.25, 0.3) is 11.8 Å². The highest BCUT2D eigenvalue weighted by Crippen LogP contribution is 2.43. The second-order valence-electron chi connectivity index (χ2n) is 17.9. The highest BCUT2D eigenvalue weighted by Gasteiger charge is 2.38. The SMILES string of the molecule is COc1cc2c(cc1OCc1cc(COc3cc4c(cc3OC)C(=O)N3c5ccccc5C[C@H]3C=N4)cc(NC(=O)CNC(=O)CNC(=O)CNC(=O)CCCCC(N)=O)c1)N=C[C@@H]1Cc3ccccc3N1C2=O. The lowest BCUT2D eigenvalue weighted by Gasteiger charge is -2.22. The molecule has 20 heteroatoms. The fourth-order valence-corrected chi connectivity index (χ4v) is 9.24. The van der Waals surface area contributed by atoms with Gasteiger partial charge >= 0.3 is 0 Å². The van der Waals surface area contributed by atoms with Crippen LogP contribution in [-0.2, 0) is 50.0 Å². The van der Waals surface area contributed by atoms with Crippen LogP contribution in [0.1, 0.15) is 68.7 Å². The number of benzene rings is 5. The van der Waals surface area contributed by atoms with E-state index in [1.165, 1.54) is 14.2 Å². The number of nitrogens with one attached hydrogen (secondary N) is 4. The number of nitrogens with two attached hydrogens (primary N) is 1. The zero-order chi connectivity index (χ0) is 51.9. The molecule has 4 aliphatic rings. The molecule has 0 radical (unpaired) electrons. The molecule has 5 aromatic carbocycles. The molecule has 380 valence electrons. The van der Waals surface area contributed by atoms with E-state index in [2.05, 4.69) is 21.3 Å². The number of nitrogens with zero attached hydrogens (tertiary/aromatic N) is 4. The van der Waals surface area contributed by atoms with Crippen LogP contribution >= 0.6 is 0 Å². The van der Waals surface area contributed by atoms with Crippen molar-refractivity contribution in [2.24, 2.45) is 15.7 Å². The largest absolute Gasteiger partial charge is 0.493 e. The standard InChI is InChI=1S/C54H53N9O11/c1-71-44-20-38-40(56-24-36-18-33-9-3-5-11-42(33)62(36)53(38)69)22-46(44)73-29-31-15-32(17-35(16-31)61-52(68)28-60-51(67)27-59-50(66)26-58-49(65)14-8-7-13-48(55)64)30-74-47-23-41-39(21-45(47)72-2)54(70)63-37(25-57-41)19-34-10-4-6-12-43(34)63/h3-6,9-12,15-17,20-25,36-37H,7-8,13-14,18-19,26-30H2,1-2H3,(H2,55,64)(H,58,65)(H,59,66)(H,60,67)(H,61,68)/t36-,37-/m0/s1. The fourth-order valence-electron chi connectivity index (χ4n) is 9.24. The number of anilines is 3. The van der Waals surface area contributed by atoms with E-state index in [0.29, 0.717) is 88.0 Å². The molecule has 7 amide bonds. The summed E-state index contributed by atoms with van der Waals surface area (Å²) >= 11 is 0. The Balaban J connectivity index is 0.892. The number of hydrogen-bond acceptors (Lipinski definition) is 13. The van der Waals surface area contributed by atoms with Gasteiger partial charge < -0.3 is 45.9 Å². The Kier molecular flexibility index (Phi) is 14.9. The van der Waals surface area contributed by atoms with Crippen LogP contribution in [0, 0.1) is 0 Å². The third-order valence-electron chi connectivity index (χ3n) is 12.8. The highest BCUT2D eigenvalue weighted by molar-refractivity contribution is 6.16. The number of fused-ring (bicyclic) bond motifs is 8. The number of carbonyl (C=O) groups is 7. The van der Waals surface area contributed by atoms with Gasteiger partial charge in [-0.15, -0.1) is 0 Å². The van der Waals surface area contributed by atoms with E-state index in [9.17, 15) is 33.6 Å². The first kappa shape index (κ1) is 49.9. The van der Waals surface area contributed by atoms with Gasteiger partial charge in [0.15, 0.2) is 23.0 Å². The molecule has 0 saturated carbocycles. The number of aliphatic imine (C=N–C) groups is 2. The minimum Gasteiger partial charge on any atom is -0.493 e. The Bertz CT molecular complexity index is 2980. The van der Waals surface area contributed by atoms with Crippen molar-refractivity contribution in [2.45, 2.75) is 63.8 Å². The quantitative estimate of drug-likeness (QED) is 0.0664. The number of methoxy groups -OCH3 is 2. The Labute approximate surface area is 425 Å². The predicted octanol–water partition coefficient (Wildman–Crippen LogP) is 4.77. The minimum absolute atomic E-state index is 0.0440. The molecule has 0 fully saturated rings. The molecule has 4 heterocycles. The first-order valence-electron chi connectivity index (χ1n) is 24.0. The minimum atomic E-state index is -0.653. The van der Waals surface area contributed by atoms with Gasteiger partial charge in [-0.2, -0.15) is 0 Å². The molecule has 5 aromatic rings. The van der Waals surface area contributed by atoms with Crippen LogP contribution in [0.15, 0.2) is 101 Å². The zero-order valence-corrected chi connectivity index (χ0v) is 40.6. The lowest BCUT2D eigenvalue weighted by atomic mass is 10.1. The summed E-state index contributed by atoms with van der Waals surface area (Å²) in [6.45, 7) is -1.35. The van der Waals surface area contributed by atoms with E-state index in [1.54, 1.807) is 58.6 Å². The number of unbranched alkanes of at least 4 members (excludes halogenated alkanes) is 1. The molecule has 20 nitrogen and oxygen atoms in total. The van der Waals surface area contributed by atoms with Crippen LogP contribution in [-0.4, -0.2) is 99.7 Å². The van der Waals surface area contributed by atoms with Gasteiger partial charge in [0.1, 0.15) is 13.2 Å². The van der Waals surface area contributed by atoms with E-state index in [-0.39, 0.29) is 56.5 Å². The normalized spacial score (nSPS) is 15.5. The summed E-state index contributed by atoms with van der Waals surface area (Å²) in [6.07, 6.45) is 5.95.